The predicted octanol–water partition coefficient (Wildman–Crippen LogP) is 5.23. The highest BCUT2D eigenvalue weighted by Gasteiger charge is 2.28. The molecule has 1 fully saturated rings. The summed E-state index contributed by atoms with van der Waals surface area (Å²) in [5.74, 6) is -0.150. The van der Waals surface area contributed by atoms with Crippen LogP contribution in [0.4, 0.5) is 0 Å². The number of aliphatic hydroxyl groups excluding tert-OH is 1. The van der Waals surface area contributed by atoms with Crippen LogP contribution in [0.5, 0.6) is 5.75 Å². The molecule has 9 nitrogen and oxygen atoms in total. The number of aromatic amines is 1. The van der Waals surface area contributed by atoms with Crippen LogP contribution < -0.4 is 0 Å². The van der Waals surface area contributed by atoms with E-state index in [2.05, 4.69) is 20.1 Å². The van der Waals surface area contributed by atoms with Gasteiger partial charge in [0.15, 0.2) is 5.75 Å². The third kappa shape index (κ3) is 4.94. The minimum atomic E-state index is -0.914. The molecular formula is C25H28Cl2N6O3. The minimum Gasteiger partial charge on any atom is -0.505 e. The van der Waals surface area contributed by atoms with Gasteiger partial charge in [0.2, 0.25) is 6.41 Å². The fourth-order valence-corrected chi connectivity index (χ4v) is 5.04. The van der Waals surface area contributed by atoms with Crippen molar-refractivity contribution < 1.29 is 14.9 Å². The fraction of sp³-hybridized carbons (Fsp3) is 0.400. The van der Waals surface area contributed by atoms with E-state index in [0.29, 0.717) is 18.7 Å². The Morgan fingerprint density at radius 2 is 1.81 bits per heavy atom. The molecule has 0 bridgehead atoms. The number of ether oxygens (including phenoxy) is 1. The molecule has 0 amide bonds. The summed E-state index contributed by atoms with van der Waals surface area (Å²) < 4.78 is 7.66. The van der Waals surface area contributed by atoms with Crippen molar-refractivity contribution in [1.82, 2.24) is 29.6 Å². The lowest BCUT2D eigenvalue weighted by Crippen LogP contribution is -2.46. The Balaban J connectivity index is 1.40. The van der Waals surface area contributed by atoms with Gasteiger partial charge in [0, 0.05) is 36.6 Å². The van der Waals surface area contributed by atoms with Gasteiger partial charge < -0.3 is 19.9 Å². The molecule has 0 radical (unpaired) electrons. The number of rotatable bonds is 5. The highest BCUT2D eigenvalue weighted by molar-refractivity contribution is 6.37. The Morgan fingerprint density at radius 3 is 2.47 bits per heavy atom. The molecule has 3 aromatic heterocycles. The largest absolute Gasteiger partial charge is 0.505 e. The second kappa shape index (κ2) is 9.64. The highest BCUT2D eigenvalue weighted by atomic mass is 35.5. The van der Waals surface area contributed by atoms with Crippen LogP contribution in [-0.2, 0) is 4.74 Å². The van der Waals surface area contributed by atoms with Crippen LogP contribution in [0.2, 0.25) is 10.0 Å². The lowest BCUT2D eigenvalue weighted by Gasteiger charge is -2.37. The lowest BCUT2D eigenvalue weighted by molar-refractivity contribution is -0.243. The van der Waals surface area contributed by atoms with Crippen molar-refractivity contribution >= 4 is 34.2 Å². The quantitative estimate of drug-likeness (QED) is 0.303. The van der Waals surface area contributed by atoms with E-state index in [9.17, 15) is 10.2 Å². The molecule has 0 aliphatic carbocycles. The maximum atomic E-state index is 10.4. The van der Waals surface area contributed by atoms with Crippen molar-refractivity contribution in [2.24, 2.45) is 0 Å². The predicted molar refractivity (Wildman–Crippen MR) is 139 cm³/mol. The molecule has 1 aliphatic rings. The van der Waals surface area contributed by atoms with E-state index in [0.717, 1.165) is 40.6 Å². The van der Waals surface area contributed by atoms with Crippen LogP contribution in [-0.4, -0.2) is 64.9 Å². The van der Waals surface area contributed by atoms with Gasteiger partial charge in [-0.2, -0.15) is 5.10 Å². The minimum absolute atomic E-state index is 0.150. The highest BCUT2D eigenvalue weighted by Crippen LogP contribution is 2.40. The molecule has 0 saturated carbocycles. The second-order valence-corrected chi connectivity index (χ2v) is 10.8. The maximum Gasteiger partial charge on any atom is 0.216 e. The zero-order valence-electron chi connectivity index (χ0n) is 20.2. The van der Waals surface area contributed by atoms with E-state index in [-0.39, 0.29) is 21.8 Å². The number of H-pyrrole nitrogens is 1. The van der Waals surface area contributed by atoms with Gasteiger partial charge in [-0.3, -0.25) is 9.58 Å². The van der Waals surface area contributed by atoms with Gasteiger partial charge in [-0.1, -0.05) is 23.2 Å². The summed E-state index contributed by atoms with van der Waals surface area (Å²) in [4.78, 5) is 14.1. The zero-order chi connectivity index (χ0) is 25.6. The number of halogens is 2. The van der Waals surface area contributed by atoms with Gasteiger partial charge in [-0.05, 0) is 51.3 Å². The Morgan fingerprint density at radius 1 is 1.11 bits per heavy atom. The third-order valence-electron chi connectivity index (χ3n) is 6.32. The first-order valence-electron chi connectivity index (χ1n) is 11.8. The van der Waals surface area contributed by atoms with E-state index in [4.69, 9.17) is 27.9 Å². The summed E-state index contributed by atoms with van der Waals surface area (Å²) in [6.07, 6.45) is 7.91. The van der Waals surface area contributed by atoms with E-state index in [1.807, 2.05) is 42.7 Å². The first-order valence-corrected chi connectivity index (χ1v) is 12.5. The van der Waals surface area contributed by atoms with Gasteiger partial charge in [-0.25, -0.2) is 9.97 Å². The number of fused-ring (bicyclic) bond motifs is 1. The number of aromatic nitrogens is 5. The summed E-state index contributed by atoms with van der Waals surface area (Å²) in [5, 5.41) is 26.2. The Hall–Kier alpha value is -2.69. The van der Waals surface area contributed by atoms with Crippen molar-refractivity contribution in [3.05, 3.63) is 47.1 Å². The van der Waals surface area contributed by atoms with Gasteiger partial charge in [0.05, 0.1) is 39.0 Å². The molecule has 4 heterocycles. The molecule has 1 saturated heterocycles. The average molecular weight is 531 g/mol. The SMILES string of the molecule is CC(C)(C)OC(O)N1CCC(n2cc(-c3ncnc4[nH]cc(-c5cc(Cl)c(O)c(Cl)c5)c34)cn2)CC1. The van der Waals surface area contributed by atoms with Gasteiger partial charge >= 0.3 is 0 Å². The monoisotopic (exact) mass is 530 g/mol. The average Bonchev–Trinajstić information content (AvgIpc) is 3.49. The number of phenols is 1. The van der Waals surface area contributed by atoms with Crippen LogP contribution in [0.15, 0.2) is 37.1 Å². The number of piperidine rings is 1. The zero-order valence-corrected chi connectivity index (χ0v) is 21.8. The number of nitrogens with one attached hydrogen (secondary N) is 1. The molecule has 1 aliphatic heterocycles. The second-order valence-electron chi connectivity index (χ2n) is 9.97. The lowest BCUT2D eigenvalue weighted by atomic mass is 10.0. The summed E-state index contributed by atoms with van der Waals surface area (Å²) in [7, 11) is 0. The van der Waals surface area contributed by atoms with Crippen LogP contribution in [0.3, 0.4) is 0 Å². The Kier molecular flexibility index (Phi) is 6.69. The first-order chi connectivity index (χ1) is 17.1. The number of nitrogens with zero attached hydrogens (tertiary/aromatic N) is 5. The van der Waals surface area contributed by atoms with E-state index in [1.54, 1.807) is 18.3 Å². The molecule has 11 heteroatoms. The van der Waals surface area contributed by atoms with Crippen molar-refractivity contribution in [2.75, 3.05) is 13.1 Å². The van der Waals surface area contributed by atoms with Crippen molar-refractivity contribution in [3.63, 3.8) is 0 Å². The maximum absolute atomic E-state index is 10.4. The molecule has 3 N–H and O–H groups in total. The molecule has 1 unspecified atom stereocenters. The van der Waals surface area contributed by atoms with E-state index in [1.165, 1.54) is 6.33 Å². The molecule has 36 heavy (non-hydrogen) atoms. The Labute approximate surface area is 218 Å². The summed E-state index contributed by atoms with van der Waals surface area (Å²) in [6, 6.07) is 3.53. The number of phenolic OH excluding ortho intramolecular Hbond substituents is 1. The fourth-order valence-electron chi connectivity index (χ4n) is 4.55. The standard InChI is InChI=1S/C25H28Cl2N6O3/c1-25(2,3)36-24(35)32-6-4-16(5-7-32)33-12-15(10-31-33)21-20-17(11-28-23(20)30-13-29-21)14-8-18(26)22(34)19(27)9-14/h8-13,16,24,34-35H,4-7H2,1-3H3,(H,28,29,30). The number of hydrogen-bond donors (Lipinski definition) is 3. The van der Waals surface area contributed by atoms with Crippen molar-refractivity contribution in [3.8, 4) is 28.1 Å². The van der Waals surface area contributed by atoms with Crippen LogP contribution in [0, 0.1) is 0 Å². The van der Waals surface area contributed by atoms with Crippen LogP contribution in [0.25, 0.3) is 33.4 Å². The van der Waals surface area contributed by atoms with Crippen molar-refractivity contribution in [2.45, 2.75) is 51.7 Å². The molecule has 5 rings (SSSR count). The van der Waals surface area contributed by atoms with E-state index >= 15 is 0 Å². The summed E-state index contributed by atoms with van der Waals surface area (Å²) in [6.45, 7) is 7.20. The number of hydrogen-bond acceptors (Lipinski definition) is 7. The van der Waals surface area contributed by atoms with E-state index < -0.39 is 12.0 Å². The number of benzene rings is 1. The first kappa shape index (κ1) is 25.0. The van der Waals surface area contributed by atoms with Gasteiger partial charge in [-0.15, -0.1) is 0 Å². The molecule has 0 spiro atoms. The summed E-state index contributed by atoms with van der Waals surface area (Å²) in [5.41, 5.74) is 3.40. The molecule has 4 aromatic rings. The Bertz CT molecular complexity index is 1370. The molecule has 1 atom stereocenters. The van der Waals surface area contributed by atoms with Gasteiger partial charge in [0.1, 0.15) is 12.0 Å². The number of aliphatic hydroxyl groups is 1. The molecule has 190 valence electrons. The third-order valence-corrected chi connectivity index (χ3v) is 6.89. The van der Waals surface area contributed by atoms with Crippen molar-refractivity contribution in [1.29, 1.82) is 0 Å². The smallest absolute Gasteiger partial charge is 0.216 e. The number of likely N-dealkylation sites (tertiary alicyclic amines) is 1. The molecular weight excluding hydrogens is 503 g/mol. The van der Waals surface area contributed by atoms with Gasteiger partial charge in [0.25, 0.3) is 0 Å². The normalized spacial score (nSPS) is 16.6. The van der Waals surface area contributed by atoms with Crippen LogP contribution >= 0.6 is 23.2 Å². The van der Waals surface area contributed by atoms with Crippen LogP contribution in [0.1, 0.15) is 39.7 Å². The topological polar surface area (TPSA) is 112 Å². The molecule has 1 aromatic carbocycles. The number of aromatic hydroxyl groups is 1. The summed E-state index contributed by atoms with van der Waals surface area (Å²) >= 11 is 12.4.